The molecule has 0 aromatic carbocycles. The Balaban J connectivity index is 5.23. The Bertz CT molecular complexity index is 1960. The lowest BCUT2D eigenvalue weighted by atomic mass is 9.99. The quantitative estimate of drug-likeness (QED) is 0.0222. The number of phosphoric ester groups is 2. The minimum Gasteiger partial charge on any atom is -0.462 e. The van der Waals surface area contributed by atoms with Crippen molar-refractivity contribution in [3.05, 3.63) is 0 Å². The maximum Gasteiger partial charge on any atom is 0.472 e. The van der Waals surface area contributed by atoms with Crippen molar-refractivity contribution in [2.24, 2.45) is 5.92 Å². The molecule has 0 fully saturated rings. The number of carbonyl (C=O) groups is 4. The normalized spacial score (nSPS) is 14.1. The van der Waals surface area contributed by atoms with E-state index < -0.39 is 97.5 Å². The van der Waals surface area contributed by atoms with Crippen LogP contribution in [0.1, 0.15) is 452 Å². The van der Waals surface area contributed by atoms with E-state index in [2.05, 4.69) is 34.6 Å². The van der Waals surface area contributed by atoms with Crippen LogP contribution in [0.5, 0.6) is 0 Å². The second kappa shape index (κ2) is 76.8. The molecule has 0 bridgehead atoms. The van der Waals surface area contributed by atoms with Crippen molar-refractivity contribution in [1.82, 2.24) is 0 Å². The molecule has 0 aromatic rings. The number of ether oxygens (including phenoxy) is 4. The summed E-state index contributed by atoms with van der Waals surface area (Å²) in [5.74, 6) is -1.26. The maximum absolute atomic E-state index is 13.1. The first-order valence-electron chi connectivity index (χ1n) is 43.7. The molecule has 0 saturated carbocycles. The van der Waals surface area contributed by atoms with Gasteiger partial charge in [-0.3, -0.25) is 37.3 Å². The first-order chi connectivity index (χ1) is 50.1. The average molecular weight is 1510 g/mol. The van der Waals surface area contributed by atoms with E-state index in [4.69, 9.17) is 37.0 Å². The predicted molar refractivity (Wildman–Crippen MR) is 423 cm³/mol. The summed E-state index contributed by atoms with van der Waals surface area (Å²) < 4.78 is 68.8. The molecule has 0 saturated heterocycles. The molecular formula is C84H164O17P2. The largest absolute Gasteiger partial charge is 0.472 e. The Morgan fingerprint density at radius 3 is 0.689 bits per heavy atom. The molecule has 0 aliphatic rings. The number of unbranched alkanes of at least 4 members (excludes halogenated alkanes) is 55. The fourth-order valence-electron chi connectivity index (χ4n) is 13.1. The monoisotopic (exact) mass is 1510 g/mol. The van der Waals surface area contributed by atoms with Crippen LogP contribution in [-0.2, 0) is 65.4 Å². The van der Waals surface area contributed by atoms with Crippen LogP contribution in [0.2, 0.25) is 0 Å². The van der Waals surface area contributed by atoms with E-state index in [1.54, 1.807) is 0 Å². The predicted octanol–water partition coefficient (Wildman–Crippen LogP) is 25.6. The smallest absolute Gasteiger partial charge is 0.462 e. The summed E-state index contributed by atoms with van der Waals surface area (Å²) in [7, 11) is -9.92. The summed E-state index contributed by atoms with van der Waals surface area (Å²) in [6.45, 7) is 7.40. The average Bonchev–Trinajstić information content (AvgIpc) is 0.921. The summed E-state index contributed by atoms with van der Waals surface area (Å²) in [4.78, 5) is 73.1. The Labute approximate surface area is 632 Å². The van der Waals surface area contributed by atoms with Gasteiger partial charge in [-0.25, -0.2) is 9.13 Å². The van der Waals surface area contributed by atoms with E-state index in [0.29, 0.717) is 25.7 Å². The zero-order chi connectivity index (χ0) is 75.5. The second-order valence-corrected chi connectivity index (χ2v) is 33.4. The lowest BCUT2D eigenvalue weighted by Crippen LogP contribution is -2.30. The van der Waals surface area contributed by atoms with Crippen LogP contribution in [0.4, 0.5) is 0 Å². The summed E-state index contributed by atoms with van der Waals surface area (Å²) in [6, 6.07) is 0. The minimum absolute atomic E-state index is 0.109. The Kier molecular flexibility index (Phi) is 75.4. The number of carbonyl (C=O) groups excluding carboxylic acids is 4. The zero-order valence-corrected chi connectivity index (χ0v) is 69.3. The molecule has 3 unspecified atom stereocenters. The van der Waals surface area contributed by atoms with Crippen molar-refractivity contribution < 1.29 is 80.2 Å². The fourth-order valence-corrected chi connectivity index (χ4v) is 14.7. The van der Waals surface area contributed by atoms with Gasteiger partial charge in [0.15, 0.2) is 12.2 Å². The van der Waals surface area contributed by atoms with Crippen LogP contribution in [-0.4, -0.2) is 96.7 Å². The lowest BCUT2D eigenvalue weighted by Gasteiger charge is -2.21. The second-order valence-electron chi connectivity index (χ2n) is 30.5. The van der Waals surface area contributed by atoms with Gasteiger partial charge in [-0.05, 0) is 31.6 Å². The number of aliphatic hydroxyl groups is 1. The number of hydrogen-bond acceptors (Lipinski definition) is 15. The van der Waals surface area contributed by atoms with Crippen LogP contribution in [0, 0.1) is 5.92 Å². The molecular weight excluding hydrogens is 1340 g/mol. The molecule has 0 aliphatic carbocycles. The molecule has 3 N–H and O–H groups in total. The molecule has 17 nitrogen and oxygen atoms in total. The van der Waals surface area contributed by atoms with E-state index in [1.165, 1.54) is 276 Å². The first-order valence-corrected chi connectivity index (χ1v) is 46.7. The van der Waals surface area contributed by atoms with Crippen LogP contribution in [0.15, 0.2) is 0 Å². The highest BCUT2D eigenvalue weighted by Crippen LogP contribution is 2.45. The highest BCUT2D eigenvalue weighted by Gasteiger charge is 2.30. The van der Waals surface area contributed by atoms with Gasteiger partial charge in [-0.15, -0.1) is 0 Å². The van der Waals surface area contributed by atoms with Crippen molar-refractivity contribution >= 4 is 39.5 Å². The molecule has 0 amide bonds. The van der Waals surface area contributed by atoms with Crippen molar-refractivity contribution in [3.8, 4) is 0 Å². The van der Waals surface area contributed by atoms with Crippen LogP contribution in [0.3, 0.4) is 0 Å². The van der Waals surface area contributed by atoms with Gasteiger partial charge in [0.2, 0.25) is 0 Å². The Hall–Kier alpha value is -1.94. The molecule has 6 atom stereocenters. The van der Waals surface area contributed by atoms with Gasteiger partial charge in [0.1, 0.15) is 19.3 Å². The van der Waals surface area contributed by atoms with E-state index >= 15 is 0 Å². The van der Waals surface area contributed by atoms with Crippen molar-refractivity contribution in [1.29, 1.82) is 0 Å². The molecule has 0 aromatic heterocycles. The van der Waals surface area contributed by atoms with Gasteiger partial charge in [0.05, 0.1) is 26.4 Å². The van der Waals surface area contributed by atoms with Gasteiger partial charge in [-0.2, -0.15) is 0 Å². The number of aliphatic hydroxyl groups excluding tert-OH is 1. The molecule has 0 aliphatic heterocycles. The topological polar surface area (TPSA) is 237 Å². The third-order valence-electron chi connectivity index (χ3n) is 20.1. The van der Waals surface area contributed by atoms with Gasteiger partial charge < -0.3 is 33.8 Å². The third kappa shape index (κ3) is 76.6. The summed E-state index contributed by atoms with van der Waals surface area (Å²) in [5, 5.41) is 10.7. The third-order valence-corrected chi connectivity index (χ3v) is 22.0. The van der Waals surface area contributed by atoms with Gasteiger partial charge in [0.25, 0.3) is 0 Å². The Morgan fingerprint density at radius 1 is 0.272 bits per heavy atom. The lowest BCUT2D eigenvalue weighted by molar-refractivity contribution is -0.161. The number of esters is 4. The number of hydrogen-bond donors (Lipinski definition) is 3. The zero-order valence-electron chi connectivity index (χ0n) is 67.5. The standard InChI is InChI=1S/C84H164O17P2/c1-6-10-13-16-19-22-25-27-29-31-33-34-39-43-48-53-58-63-68-82(87)95-74-80(101-84(89)70-65-60-55-50-45-41-37-36-38-42-46-51-56-61-66-77(5)9-4)76-99-103(92,93)97-72-78(85)71-96-102(90,91)98-75-79(73-94-81(86)67-62-57-52-47-24-21-18-15-12-8-3)100-83(88)69-64-59-54-49-44-40-35-32-30-28-26-23-20-17-14-11-7-2/h77-80,85H,6-76H2,1-5H3,(H,90,91)(H,92,93)/t77?,78-,79+,80+/m0/s1. The molecule has 0 heterocycles. The van der Waals surface area contributed by atoms with Crippen LogP contribution in [0.25, 0.3) is 0 Å². The van der Waals surface area contributed by atoms with E-state index in [1.807, 2.05) is 0 Å². The first kappa shape index (κ1) is 101. The SMILES string of the molecule is CCCCCCCCCCCCCCCCCCCCC(=O)OC[C@H](COP(=O)(O)OC[C@@H](O)COP(=O)(O)OC[C@@H](COC(=O)CCCCCCCCCCCC)OC(=O)CCCCCCCCCCCCCCCCCCC)OC(=O)CCCCCCCCCCCCCCCCC(C)CC. The van der Waals surface area contributed by atoms with Gasteiger partial charge in [0, 0.05) is 25.7 Å². The summed E-state index contributed by atoms with van der Waals surface area (Å²) in [5.41, 5.74) is 0. The highest BCUT2D eigenvalue weighted by atomic mass is 31.2. The highest BCUT2D eigenvalue weighted by molar-refractivity contribution is 7.47. The maximum atomic E-state index is 13.1. The van der Waals surface area contributed by atoms with Gasteiger partial charge >= 0.3 is 39.5 Å². The van der Waals surface area contributed by atoms with E-state index in [0.717, 1.165) is 95.8 Å². The fraction of sp³-hybridized carbons (Fsp3) is 0.952. The number of rotatable bonds is 84. The Morgan fingerprint density at radius 2 is 0.466 bits per heavy atom. The van der Waals surface area contributed by atoms with Crippen molar-refractivity contribution in [3.63, 3.8) is 0 Å². The molecule has 103 heavy (non-hydrogen) atoms. The van der Waals surface area contributed by atoms with E-state index in [-0.39, 0.29) is 25.7 Å². The summed E-state index contributed by atoms with van der Waals surface area (Å²) >= 11 is 0. The van der Waals surface area contributed by atoms with Crippen molar-refractivity contribution in [2.45, 2.75) is 470 Å². The number of phosphoric acid groups is 2. The summed E-state index contributed by atoms with van der Waals surface area (Å²) in [6.07, 6.45) is 69.2. The van der Waals surface area contributed by atoms with Crippen LogP contribution < -0.4 is 0 Å². The molecule has 0 rings (SSSR count). The minimum atomic E-state index is -4.96. The van der Waals surface area contributed by atoms with Gasteiger partial charge in [-0.1, -0.05) is 401 Å². The molecule has 612 valence electrons. The van der Waals surface area contributed by atoms with Crippen LogP contribution >= 0.6 is 15.6 Å². The molecule has 0 radical (unpaired) electrons. The molecule has 0 spiro atoms. The van der Waals surface area contributed by atoms with E-state index in [9.17, 15) is 43.2 Å². The van der Waals surface area contributed by atoms with Crippen molar-refractivity contribution in [2.75, 3.05) is 39.6 Å². The molecule has 19 heteroatoms.